The first-order valence-electron chi connectivity index (χ1n) is 5.40. The summed E-state index contributed by atoms with van der Waals surface area (Å²) in [6, 6.07) is 1.34. The fourth-order valence-corrected chi connectivity index (χ4v) is 1.48. The molecular weight excluding hydrogens is 206 g/mol. The lowest BCUT2D eigenvalue weighted by Crippen LogP contribution is -2.41. The highest BCUT2D eigenvalue weighted by Gasteiger charge is 2.07. The Bertz CT molecular complexity index is 457. The van der Waals surface area contributed by atoms with Crippen LogP contribution in [0.5, 0.6) is 0 Å². The predicted octanol–water partition coefficient (Wildman–Crippen LogP) is 0.152. The van der Waals surface area contributed by atoms with Crippen molar-refractivity contribution in [3.63, 3.8) is 0 Å². The average Bonchev–Trinajstić information content (AvgIpc) is 2.15. The van der Waals surface area contributed by atoms with E-state index in [4.69, 9.17) is 0 Å². The second-order valence-corrected chi connectivity index (χ2v) is 4.40. The fraction of sp³-hybridized carbons (Fsp3) is 0.636. The van der Waals surface area contributed by atoms with Crippen LogP contribution in [0.4, 0.5) is 0 Å². The molecule has 0 radical (unpaired) electrons. The lowest BCUT2D eigenvalue weighted by atomic mass is 10.4. The molecular formula is C11H19N3O2. The minimum Gasteiger partial charge on any atom is -0.308 e. The van der Waals surface area contributed by atoms with Crippen molar-refractivity contribution in [2.24, 2.45) is 0 Å². The molecule has 0 saturated carbocycles. The van der Waals surface area contributed by atoms with Crippen LogP contribution in [0.2, 0.25) is 0 Å². The number of hydrogen-bond donors (Lipinski definition) is 0. The van der Waals surface area contributed by atoms with E-state index in [1.54, 1.807) is 10.8 Å². The second kappa shape index (κ2) is 5.12. The third kappa shape index (κ3) is 2.82. The van der Waals surface area contributed by atoms with Gasteiger partial charge in [-0.25, -0.2) is 4.79 Å². The van der Waals surface area contributed by atoms with Crippen molar-refractivity contribution in [3.05, 3.63) is 33.1 Å². The zero-order valence-electron chi connectivity index (χ0n) is 10.3. The van der Waals surface area contributed by atoms with Gasteiger partial charge in [0.25, 0.3) is 5.56 Å². The number of rotatable bonds is 4. The van der Waals surface area contributed by atoms with E-state index in [0.29, 0.717) is 6.54 Å². The summed E-state index contributed by atoms with van der Waals surface area (Å²) in [5, 5.41) is 0. The van der Waals surface area contributed by atoms with Crippen LogP contribution in [-0.2, 0) is 6.54 Å². The minimum atomic E-state index is -0.235. The van der Waals surface area contributed by atoms with Crippen molar-refractivity contribution < 1.29 is 0 Å². The number of aromatic nitrogens is 2. The molecule has 0 aliphatic rings. The van der Waals surface area contributed by atoms with E-state index in [2.05, 4.69) is 0 Å². The van der Waals surface area contributed by atoms with Gasteiger partial charge in [0.15, 0.2) is 0 Å². The molecule has 0 aliphatic heterocycles. The topological polar surface area (TPSA) is 47.2 Å². The molecule has 0 spiro atoms. The van der Waals surface area contributed by atoms with Crippen LogP contribution >= 0.6 is 0 Å². The molecule has 1 aromatic heterocycles. The first-order valence-corrected chi connectivity index (χ1v) is 5.40. The smallest absolute Gasteiger partial charge is 0.308 e. The molecule has 0 unspecified atom stereocenters. The van der Waals surface area contributed by atoms with E-state index in [0.717, 1.165) is 6.54 Å². The fourth-order valence-electron chi connectivity index (χ4n) is 1.48. The van der Waals surface area contributed by atoms with Gasteiger partial charge in [0.2, 0.25) is 0 Å². The van der Waals surface area contributed by atoms with E-state index in [1.165, 1.54) is 10.6 Å². The quantitative estimate of drug-likeness (QED) is 0.733. The molecule has 5 heteroatoms. The molecule has 1 aromatic rings. The summed E-state index contributed by atoms with van der Waals surface area (Å²) >= 11 is 0. The van der Waals surface area contributed by atoms with Gasteiger partial charge >= 0.3 is 5.69 Å². The SMILES string of the molecule is CC(C)n1c(=O)ccn(CCN(C)C)c1=O. The summed E-state index contributed by atoms with van der Waals surface area (Å²) in [5.74, 6) is 0. The van der Waals surface area contributed by atoms with Crippen LogP contribution in [0.1, 0.15) is 19.9 Å². The minimum absolute atomic E-state index is 0.105. The molecule has 1 rings (SSSR count). The number of hydrogen-bond acceptors (Lipinski definition) is 3. The summed E-state index contributed by atoms with van der Waals surface area (Å²) in [4.78, 5) is 25.5. The van der Waals surface area contributed by atoms with Crippen LogP contribution in [0.25, 0.3) is 0 Å². The molecule has 0 aromatic carbocycles. The number of nitrogens with zero attached hydrogens (tertiary/aromatic N) is 3. The summed E-state index contributed by atoms with van der Waals surface area (Å²) in [7, 11) is 3.90. The normalized spacial score (nSPS) is 11.4. The highest BCUT2D eigenvalue weighted by Crippen LogP contribution is 1.94. The van der Waals surface area contributed by atoms with Gasteiger partial charge in [-0.3, -0.25) is 13.9 Å². The second-order valence-electron chi connectivity index (χ2n) is 4.40. The van der Waals surface area contributed by atoms with Gasteiger partial charge < -0.3 is 4.90 Å². The molecule has 0 atom stereocenters. The van der Waals surface area contributed by atoms with E-state index in [9.17, 15) is 9.59 Å². The summed E-state index contributed by atoms with van der Waals surface area (Å²) in [6.07, 6.45) is 1.56. The largest absolute Gasteiger partial charge is 0.331 e. The third-order valence-electron chi connectivity index (χ3n) is 2.39. The van der Waals surface area contributed by atoms with E-state index in [1.807, 2.05) is 32.8 Å². The monoisotopic (exact) mass is 225 g/mol. The van der Waals surface area contributed by atoms with Crippen molar-refractivity contribution in [2.45, 2.75) is 26.4 Å². The van der Waals surface area contributed by atoms with Crippen molar-refractivity contribution in [3.8, 4) is 0 Å². The highest BCUT2D eigenvalue weighted by atomic mass is 16.2. The van der Waals surface area contributed by atoms with Crippen LogP contribution in [-0.4, -0.2) is 34.7 Å². The average molecular weight is 225 g/mol. The Morgan fingerprint density at radius 1 is 1.31 bits per heavy atom. The molecule has 16 heavy (non-hydrogen) atoms. The molecule has 1 heterocycles. The Morgan fingerprint density at radius 2 is 1.94 bits per heavy atom. The van der Waals surface area contributed by atoms with Gasteiger partial charge in [-0.15, -0.1) is 0 Å². The van der Waals surface area contributed by atoms with E-state index >= 15 is 0 Å². The van der Waals surface area contributed by atoms with Crippen molar-refractivity contribution in [1.29, 1.82) is 0 Å². The summed E-state index contributed by atoms with van der Waals surface area (Å²) in [5.41, 5.74) is -0.467. The van der Waals surface area contributed by atoms with E-state index < -0.39 is 0 Å². The van der Waals surface area contributed by atoms with Gasteiger partial charge in [0, 0.05) is 31.4 Å². The third-order valence-corrected chi connectivity index (χ3v) is 2.39. The molecule has 0 aliphatic carbocycles. The summed E-state index contributed by atoms with van der Waals surface area (Å²) < 4.78 is 2.84. The van der Waals surface area contributed by atoms with Crippen LogP contribution < -0.4 is 11.2 Å². The van der Waals surface area contributed by atoms with Gasteiger partial charge in [0.05, 0.1) is 0 Å². The maximum Gasteiger partial charge on any atom is 0.331 e. The first kappa shape index (κ1) is 12.7. The number of likely N-dealkylation sites (N-methyl/N-ethyl adjacent to an activating group) is 1. The molecule has 5 nitrogen and oxygen atoms in total. The van der Waals surface area contributed by atoms with Gasteiger partial charge in [-0.2, -0.15) is 0 Å². The zero-order chi connectivity index (χ0) is 12.3. The lowest BCUT2D eigenvalue weighted by molar-refractivity contribution is 0.372. The van der Waals surface area contributed by atoms with Gasteiger partial charge in [-0.1, -0.05) is 0 Å². The maximum atomic E-state index is 12.0. The molecule has 0 N–H and O–H groups in total. The Kier molecular flexibility index (Phi) is 4.06. The van der Waals surface area contributed by atoms with Gasteiger partial charge in [-0.05, 0) is 27.9 Å². The highest BCUT2D eigenvalue weighted by molar-refractivity contribution is 4.88. The van der Waals surface area contributed by atoms with Crippen LogP contribution in [0, 0.1) is 0 Å². The Balaban J connectivity index is 3.10. The molecule has 0 fully saturated rings. The Labute approximate surface area is 94.9 Å². The van der Waals surface area contributed by atoms with Crippen LogP contribution in [0.15, 0.2) is 21.9 Å². The zero-order valence-corrected chi connectivity index (χ0v) is 10.3. The van der Waals surface area contributed by atoms with E-state index in [-0.39, 0.29) is 17.3 Å². The molecule has 0 bridgehead atoms. The van der Waals surface area contributed by atoms with Crippen molar-refractivity contribution >= 4 is 0 Å². The Hall–Kier alpha value is -1.36. The first-order chi connectivity index (χ1) is 7.43. The summed E-state index contributed by atoms with van der Waals surface area (Å²) in [6.45, 7) is 5.03. The molecule has 0 amide bonds. The van der Waals surface area contributed by atoms with Gasteiger partial charge in [0.1, 0.15) is 0 Å². The van der Waals surface area contributed by atoms with Crippen molar-refractivity contribution in [1.82, 2.24) is 14.0 Å². The Morgan fingerprint density at radius 3 is 2.44 bits per heavy atom. The van der Waals surface area contributed by atoms with Crippen molar-refractivity contribution in [2.75, 3.05) is 20.6 Å². The molecule has 90 valence electrons. The van der Waals surface area contributed by atoms with Crippen LogP contribution in [0.3, 0.4) is 0 Å². The predicted molar refractivity (Wildman–Crippen MR) is 63.9 cm³/mol. The standard InChI is InChI=1S/C11H19N3O2/c1-9(2)14-10(15)5-6-13(11(14)16)8-7-12(3)4/h5-6,9H,7-8H2,1-4H3. The molecule has 0 saturated heterocycles. The lowest BCUT2D eigenvalue weighted by Gasteiger charge is -2.14. The maximum absolute atomic E-state index is 12.0.